The molecule has 4 rings (SSSR count). The average molecular weight is 275 g/mol. The predicted molar refractivity (Wildman–Crippen MR) is 68.8 cm³/mol. The van der Waals surface area contributed by atoms with E-state index in [4.69, 9.17) is 0 Å². The van der Waals surface area contributed by atoms with Gasteiger partial charge in [0.1, 0.15) is 0 Å². The summed E-state index contributed by atoms with van der Waals surface area (Å²) in [5.74, 6) is -1.54. The van der Waals surface area contributed by atoms with Gasteiger partial charge in [-0.15, -0.1) is 0 Å². The number of aromatic nitrogens is 2. The Morgan fingerprint density at radius 1 is 1.25 bits per heavy atom. The highest BCUT2D eigenvalue weighted by Gasteiger charge is 2.51. The summed E-state index contributed by atoms with van der Waals surface area (Å²) >= 11 is 0. The summed E-state index contributed by atoms with van der Waals surface area (Å²) in [5.41, 5.74) is 0.901. The molecule has 3 aliphatic rings. The molecule has 0 spiro atoms. The lowest BCUT2D eigenvalue weighted by molar-refractivity contribution is -0.142. The molecular weight excluding hydrogens is 258 g/mol. The van der Waals surface area contributed by atoms with Crippen LogP contribution in [0.15, 0.2) is 12.5 Å². The zero-order valence-electron chi connectivity index (χ0n) is 11.1. The van der Waals surface area contributed by atoms with E-state index in [1.807, 2.05) is 4.90 Å². The molecule has 1 amide bonds. The van der Waals surface area contributed by atoms with Gasteiger partial charge in [-0.3, -0.25) is 9.59 Å². The molecule has 0 radical (unpaired) electrons. The highest BCUT2D eigenvalue weighted by atomic mass is 16.4. The number of carboxylic acid groups (broad SMARTS) is 1. The molecular formula is C14H17N3O3. The van der Waals surface area contributed by atoms with Gasteiger partial charge in [-0.2, -0.15) is 0 Å². The average Bonchev–Trinajstić information content (AvgIpc) is 3.33. The highest BCUT2D eigenvalue weighted by molar-refractivity contribution is 5.87. The fraction of sp³-hybridized carbons (Fsp3) is 0.643. The van der Waals surface area contributed by atoms with Gasteiger partial charge in [-0.25, -0.2) is 4.98 Å². The lowest BCUT2D eigenvalue weighted by atomic mass is 9.97. The van der Waals surface area contributed by atoms with Crippen LogP contribution in [-0.4, -0.2) is 37.5 Å². The molecule has 0 aromatic carbocycles. The van der Waals surface area contributed by atoms with Crippen LogP contribution in [-0.2, 0) is 9.59 Å². The van der Waals surface area contributed by atoms with Crippen molar-refractivity contribution < 1.29 is 14.7 Å². The molecule has 6 heteroatoms. The second-order valence-corrected chi connectivity index (χ2v) is 6.08. The molecule has 2 saturated carbocycles. The van der Waals surface area contributed by atoms with Crippen molar-refractivity contribution in [1.82, 2.24) is 14.5 Å². The van der Waals surface area contributed by atoms with Gasteiger partial charge in [0.15, 0.2) is 0 Å². The number of aliphatic carboxylic acids is 1. The monoisotopic (exact) mass is 275 g/mol. The van der Waals surface area contributed by atoms with E-state index >= 15 is 0 Å². The van der Waals surface area contributed by atoms with Gasteiger partial charge in [-0.1, -0.05) is 0 Å². The zero-order chi connectivity index (χ0) is 13.9. The Labute approximate surface area is 116 Å². The topological polar surface area (TPSA) is 75.4 Å². The van der Waals surface area contributed by atoms with Crippen LogP contribution in [0.4, 0.5) is 0 Å². The van der Waals surface area contributed by atoms with Crippen LogP contribution in [0.5, 0.6) is 0 Å². The largest absolute Gasteiger partial charge is 0.481 e. The van der Waals surface area contributed by atoms with Gasteiger partial charge >= 0.3 is 5.97 Å². The summed E-state index contributed by atoms with van der Waals surface area (Å²) in [6, 6.07) is 0.341. The third-order valence-corrected chi connectivity index (χ3v) is 4.56. The summed E-state index contributed by atoms with van der Waals surface area (Å²) in [6.45, 7) is 0. The molecule has 1 aromatic rings. The van der Waals surface area contributed by atoms with E-state index < -0.39 is 11.9 Å². The van der Waals surface area contributed by atoms with Crippen molar-refractivity contribution in [2.45, 2.75) is 50.2 Å². The molecule has 3 fully saturated rings. The van der Waals surface area contributed by atoms with Crippen LogP contribution in [0.3, 0.4) is 0 Å². The maximum atomic E-state index is 12.2. The molecule has 1 N–H and O–H groups in total. The Hall–Kier alpha value is -1.85. The minimum absolute atomic E-state index is 0.0200. The molecule has 106 valence electrons. The zero-order valence-corrected chi connectivity index (χ0v) is 11.1. The first kappa shape index (κ1) is 11.9. The fourth-order valence-corrected chi connectivity index (χ4v) is 3.31. The Balaban J connectivity index is 1.75. The van der Waals surface area contributed by atoms with Crippen LogP contribution in [0, 0.1) is 5.92 Å². The maximum absolute atomic E-state index is 12.2. The van der Waals surface area contributed by atoms with Crippen molar-refractivity contribution in [2.24, 2.45) is 5.92 Å². The number of hydrogen-bond donors (Lipinski definition) is 1. The van der Waals surface area contributed by atoms with Crippen LogP contribution in [0.2, 0.25) is 0 Å². The standard InChI is InChI=1S/C14H17N3O3/c18-12-5-10(14(19)20)13(17(12)9-3-4-9)11-6-15-7-16(11)8-1-2-8/h6-10,13H,1-5H2,(H,19,20). The number of likely N-dealkylation sites (tertiary alicyclic amines) is 1. The normalized spacial score (nSPS) is 30.0. The Morgan fingerprint density at radius 3 is 2.55 bits per heavy atom. The molecule has 20 heavy (non-hydrogen) atoms. The fourth-order valence-electron chi connectivity index (χ4n) is 3.31. The molecule has 2 atom stereocenters. The van der Waals surface area contributed by atoms with E-state index in [1.165, 1.54) is 0 Å². The first-order valence-corrected chi connectivity index (χ1v) is 7.22. The van der Waals surface area contributed by atoms with Gasteiger partial charge in [0, 0.05) is 18.5 Å². The summed E-state index contributed by atoms with van der Waals surface area (Å²) in [6.07, 6.45) is 7.85. The van der Waals surface area contributed by atoms with Crippen LogP contribution < -0.4 is 0 Å². The lowest BCUT2D eigenvalue weighted by Gasteiger charge is -2.27. The Morgan fingerprint density at radius 2 is 1.95 bits per heavy atom. The molecule has 2 heterocycles. The number of nitrogens with zero attached hydrogens (tertiary/aromatic N) is 3. The quantitative estimate of drug-likeness (QED) is 0.900. The highest BCUT2D eigenvalue weighted by Crippen LogP contribution is 2.47. The number of carbonyl (C=O) groups excluding carboxylic acids is 1. The summed E-state index contributed by atoms with van der Waals surface area (Å²) in [7, 11) is 0. The summed E-state index contributed by atoms with van der Waals surface area (Å²) in [5, 5.41) is 9.46. The van der Waals surface area contributed by atoms with Gasteiger partial charge in [0.2, 0.25) is 5.91 Å². The minimum Gasteiger partial charge on any atom is -0.481 e. The molecule has 0 bridgehead atoms. The number of rotatable bonds is 4. The molecule has 1 aliphatic heterocycles. The van der Waals surface area contributed by atoms with Crippen molar-refractivity contribution in [2.75, 3.05) is 0 Å². The first-order chi connectivity index (χ1) is 9.66. The van der Waals surface area contributed by atoms with Gasteiger partial charge in [0.05, 0.1) is 30.2 Å². The van der Waals surface area contributed by atoms with E-state index in [0.717, 1.165) is 31.4 Å². The van der Waals surface area contributed by atoms with E-state index in [1.54, 1.807) is 12.5 Å². The molecule has 2 unspecified atom stereocenters. The predicted octanol–water partition coefficient (Wildman–Crippen LogP) is 1.35. The van der Waals surface area contributed by atoms with Gasteiger partial charge < -0.3 is 14.6 Å². The van der Waals surface area contributed by atoms with Crippen molar-refractivity contribution in [1.29, 1.82) is 0 Å². The number of amides is 1. The number of imidazole rings is 1. The van der Waals surface area contributed by atoms with E-state index in [0.29, 0.717) is 6.04 Å². The molecule has 1 aromatic heterocycles. The van der Waals surface area contributed by atoms with Crippen molar-refractivity contribution in [3.05, 3.63) is 18.2 Å². The van der Waals surface area contributed by atoms with Crippen LogP contribution >= 0.6 is 0 Å². The second kappa shape index (κ2) is 4.07. The number of carbonyl (C=O) groups is 2. The lowest BCUT2D eigenvalue weighted by Crippen LogP contribution is -2.33. The third-order valence-electron chi connectivity index (χ3n) is 4.56. The van der Waals surface area contributed by atoms with Crippen molar-refractivity contribution in [3.8, 4) is 0 Å². The Kier molecular flexibility index (Phi) is 2.43. The van der Waals surface area contributed by atoms with Gasteiger partial charge in [0.25, 0.3) is 0 Å². The minimum atomic E-state index is -0.880. The number of hydrogen-bond acceptors (Lipinski definition) is 3. The van der Waals surface area contributed by atoms with E-state index in [-0.39, 0.29) is 24.4 Å². The molecule has 2 aliphatic carbocycles. The maximum Gasteiger partial charge on any atom is 0.309 e. The smallest absolute Gasteiger partial charge is 0.309 e. The van der Waals surface area contributed by atoms with E-state index in [2.05, 4.69) is 9.55 Å². The summed E-state index contributed by atoms with van der Waals surface area (Å²) in [4.78, 5) is 29.7. The first-order valence-electron chi connectivity index (χ1n) is 7.22. The molecule has 1 saturated heterocycles. The van der Waals surface area contributed by atoms with Crippen molar-refractivity contribution >= 4 is 11.9 Å². The van der Waals surface area contributed by atoms with Gasteiger partial charge in [-0.05, 0) is 25.7 Å². The number of carboxylic acids is 1. The second-order valence-electron chi connectivity index (χ2n) is 6.08. The van der Waals surface area contributed by atoms with Crippen molar-refractivity contribution in [3.63, 3.8) is 0 Å². The van der Waals surface area contributed by atoms with Crippen LogP contribution in [0.1, 0.15) is 49.9 Å². The Bertz CT molecular complexity index is 574. The SMILES string of the molecule is O=C(O)C1CC(=O)N(C2CC2)C1c1cncn1C1CC1. The summed E-state index contributed by atoms with van der Waals surface area (Å²) < 4.78 is 2.08. The van der Waals surface area contributed by atoms with Crippen LogP contribution in [0.25, 0.3) is 0 Å². The molecule has 6 nitrogen and oxygen atoms in total. The van der Waals surface area contributed by atoms with E-state index in [9.17, 15) is 14.7 Å². The third kappa shape index (κ3) is 1.74.